The summed E-state index contributed by atoms with van der Waals surface area (Å²) in [4.78, 5) is 22.4. The molecule has 17 heavy (non-hydrogen) atoms. The molecule has 1 aliphatic carbocycles. The Morgan fingerprint density at radius 2 is 1.88 bits per heavy atom. The molecule has 1 aliphatic rings. The van der Waals surface area contributed by atoms with Gasteiger partial charge in [0.25, 0.3) is 0 Å². The van der Waals surface area contributed by atoms with Crippen molar-refractivity contribution in [1.29, 1.82) is 0 Å². The molecule has 0 saturated heterocycles. The number of carbonyl (C=O) groups is 2. The molecule has 5 heteroatoms. The molecule has 92 valence electrons. The minimum absolute atomic E-state index is 0. The van der Waals surface area contributed by atoms with E-state index >= 15 is 0 Å². The van der Waals surface area contributed by atoms with Gasteiger partial charge in [-0.1, -0.05) is 26.7 Å². The van der Waals surface area contributed by atoms with E-state index in [0.29, 0.717) is 19.3 Å². The molecule has 0 aromatic heterocycles. The Balaban J connectivity index is 0.00000256. The van der Waals surface area contributed by atoms with Crippen LogP contribution in [0.3, 0.4) is 0 Å². The summed E-state index contributed by atoms with van der Waals surface area (Å²) in [5.74, 6) is -3.23. The molecule has 1 saturated carbocycles. The molecular weight excluding hydrogens is 248 g/mol. The van der Waals surface area contributed by atoms with E-state index in [-0.39, 0.29) is 43.7 Å². The van der Waals surface area contributed by atoms with E-state index in [0.717, 1.165) is 12.8 Å². The quantitative estimate of drug-likeness (QED) is 0.632. The van der Waals surface area contributed by atoms with Crippen LogP contribution < -0.4 is 10.2 Å². The van der Waals surface area contributed by atoms with Gasteiger partial charge in [0.05, 0.1) is 0 Å². The van der Waals surface area contributed by atoms with Gasteiger partial charge in [-0.25, -0.2) is 0 Å². The van der Waals surface area contributed by atoms with Crippen LogP contribution >= 0.6 is 0 Å². The van der Waals surface area contributed by atoms with Gasteiger partial charge in [-0.3, -0.25) is 0 Å². The molecule has 1 rings (SSSR count). The van der Waals surface area contributed by atoms with Gasteiger partial charge >= 0.3 is 37.7 Å². The molecule has 0 amide bonds. The molecule has 0 bridgehead atoms. The van der Waals surface area contributed by atoms with Crippen LogP contribution in [0.1, 0.15) is 46.0 Å². The van der Waals surface area contributed by atoms with Gasteiger partial charge in [-0.2, -0.15) is 0 Å². The first-order valence-corrected chi connectivity index (χ1v) is 5.82. The predicted octanol–water partition coefficient (Wildman–Crippen LogP) is -0.672. The number of aliphatic carboxylic acids is 2. The summed E-state index contributed by atoms with van der Waals surface area (Å²) in [6.07, 6.45) is 2.65. The van der Waals surface area contributed by atoms with Crippen molar-refractivity contribution < 1.29 is 19.8 Å². The molecule has 1 fully saturated rings. The monoisotopic (exact) mass is 266 g/mol. The third-order valence-electron chi connectivity index (χ3n) is 3.50. The van der Waals surface area contributed by atoms with Crippen molar-refractivity contribution in [2.45, 2.75) is 46.0 Å². The molecule has 0 aromatic carbocycles. The van der Waals surface area contributed by atoms with E-state index < -0.39 is 23.3 Å². The van der Waals surface area contributed by atoms with E-state index in [1.165, 1.54) is 0 Å². The van der Waals surface area contributed by atoms with Crippen LogP contribution in [0.25, 0.3) is 0 Å². The molecule has 2 atom stereocenters. The Hall–Kier alpha value is 0.200. The van der Waals surface area contributed by atoms with Gasteiger partial charge in [-0.05, 0) is 25.2 Å². The van der Waals surface area contributed by atoms with Gasteiger partial charge < -0.3 is 19.8 Å². The maximum Gasteiger partial charge on any atom is 2.00 e. The third-order valence-corrected chi connectivity index (χ3v) is 3.50. The van der Waals surface area contributed by atoms with Crippen molar-refractivity contribution in [2.75, 3.05) is 0 Å². The van der Waals surface area contributed by atoms with Crippen LogP contribution in [0, 0.1) is 17.3 Å². The van der Waals surface area contributed by atoms with Crippen molar-refractivity contribution in [2.24, 2.45) is 17.3 Å². The Morgan fingerprint density at radius 1 is 1.29 bits per heavy atom. The molecular formula is C12H18CaO4. The van der Waals surface area contributed by atoms with Crippen LogP contribution in [0.4, 0.5) is 0 Å². The van der Waals surface area contributed by atoms with Crippen molar-refractivity contribution in [3.8, 4) is 0 Å². The largest absolute Gasteiger partial charge is 2.00 e. The zero-order valence-corrected chi connectivity index (χ0v) is 12.7. The van der Waals surface area contributed by atoms with Crippen molar-refractivity contribution in [3.05, 3.63) is 0 Å². The average Bonchev–Trinajstić information content (AvgIpc) is 2.16. The number of carbonyl (C=O) groups excluding carboxylic acids is 2. The van der Waals surface area contributed by atoms with Crippen LogP contribution in [0.2, 0.25) is 0 Å². The first-order valence-electron chi connectivity index (χ1n) is 5.82. The second-order valence-corrected chi connectivity index (χ2v) is 5.16. The summed E-state index contributed by atoms with van der Waals surface area (Å²) in [5.41, 5.74) is -1.22. The molecule has 0 heterocycles. The topological polar surface area (TPSA) is 80.3 Å². The van der Waals surface area contributed by atoms with E-state index in [9.17, 15) is 19.8 Å². The Labute approximate surface area is 132 Å². The summed E-state index contributed by atoms with van der Waals surface area (Å²) in [6.45, 7) is 3.79. The molecule has 4 nitrogen and oxygen atoms in total. The van der Waals surface area contributed by atoms with Crippen LogP contribution in [0.15, 0.2) is 0 Å². The van der Waals surface area contributed by atoms with Gasteiger partial charge in [-0.15, -0.1) is 0 Å². The van der Waals surface area contributed by atoms with E-state index in [2.05, 4.69) is 0 Å². The van der Waals surface area contributed by atoms with E-state index in [1.807, 2.05) is 13.8 Å². The molecule has 2 unspecified atom stereocenters. The van der Waals surface area contributed by atoms with Crippen LogP contribution in [-0.4, -0.2) is 49.7 Å². The summed E-state index contributed by atoms with van der Waals surface area (Å²) in [6, 6.07) is 0. The molecule has 0 aliphatic heterocycles. The molecule has 0 aromatic rings. The van der Waals surface area contributed by atoms with Crippen molar-refractivity contribution in [1.82, 2.24) is 0 Å². The Bertz CT molecular complexity index is 290. The SMILES string of the molecule is CC(C)CC1(C(=O)[O-])CCCCC1C(=O)[O-].[Ca+2]. The number of carboxylic acid groups (broad SMARTS) is 2. The fourth-order valence-electron chi connectivity index (χ4n) is 2.88. The molecule has 0 radical (unpaired) electrons. The van der Waals surface area contributed by atoms with Gasteiger partial charge in [0.2, 0.25) is 0 Å². The standard InChI is InChI=1S/C12H20O4.Ca/c1-8(2)7-12(11(15)16)6-4-3-5-9(12)10(13)14;/h8-9H,3-7H2,1-2H3,(H,13,14)(H,15,16);/q;+2/p-2. The summed E-state index contributed by atoms with van der Waals surface area (Å²) >= 11 is 0. The Kier molecular flexibility index (Phi) is 7.04. The second-order valence-electron chi connectivity index (χ2n) is 5.16. The molecule has 0 spiro atoms. The van der Waals surface area contributed by atoms with Crippen LogP contribution in [-0.2, 0) is 9.59 Å². The summed E-state index contributed by atoms with van der Waals surface area (Å²) in [7, 11) is 0. The fourth-order valence-corrected chi connectivity index (χ4v) is 2.88. The van der Waals surface area contributed by atoms with Gasteiger partial charge in [0.15, 0.2) is 0 Å². The minimum atomic E-state index is -1.25. The predicted molar refractivity (Wildman–Crippen MR) is 59.6 cm³/mol. The minimum Gasteiger partial charge on any atom is -0.550 e. The number of rotatable bonds is 4. The Morgan fingerprint density at radius 3 is 2.29 bits per heavy atom. The summed E-state index contributed by atoms with van der Waals surface area (Å²) in [5, 5.41) is 22.4. The zero-order chi connectivity index (χ0) is 12.3. The fraction of sp³-hybridized carbons (Fsp3) is 0.833. The smallest absolute Gasteiger partial charge is 0.550 e. The normalized spacial score (nSPS) is 28.5. The summed E-state index contributed by atoms with van der Waals surface area (Å²) < 4.78 is 0. The van der Waals surface area contributed by atoms with Gasteiger partial charge in [0, 0.05) is 23.3 Å². The first kappa shape index (κ1) is 17.2. The number of hydrogen-bond donors (Lipinski definition) is 0. The van der Waals surface area contributed by atoms with E-state index in [1.54, 1.807) is 0 Å². The zero-order valence-electron chi connectivity index (χ0n) is 10.5. The van der Waals surface area contributed by atoms with E-state index in [4.69, 9.17) is 0 Å². The number of carboxylic acids is 2. The van der Waals surface area contributed by atoms with Crippen LogP contribution in [0.5, 0.6) is 0 Å². The van der Waals surface area contributed by atoms with Crippen molar-refractivity contribution >= 4 is 49.7 Å². The first-order chi connectivity index (χ1) is 7.40. The molecule has 0 N–H and O–H groups in total. The third kappa shape index (κ3) is 3.83. The average molecular weight is 266 g/mol. The van der Waals surface area contributed by atoms with Crippen molar-refractivity contribution in [3.63, 3.8) is 0 Å². The maximum atomic E-state index is 11.3. The van der Waals surface area contributed by atoms with Gasteiger partial charge in [0.1, 0.15) is 0 Å². The maximum absolute atomic E-state index is 11.3. The second kappa shape index (κ2) is 6.95. The number of hydrogen-bond acceptors (Lipinski definition) is 4.